The number of rotatable bonds is 8. The van der Waals surface area contributed by atoms with E-state index in [4.69, 9.17) is 0 Å². The Balaban J connectivity index is 1.24. The molecule has 1 saturated heterocycles. The van der Waals surface area contributed by atoms with Crippen LogP contribution in [0.5, 0.6) is 0 Å². The van der Waals surface area contributed by atoms with Crippen LogP contribution in [0.4, 0.5) is 11.5 Å². The molecule has 1 aromatic heterocycles. The predicted octanol–water partition coefficient (Wildman–Crippen LogP) is 4.98. The lowest BCUT2D eigenvalue weighted by Gasteiger charge is -2.17. The van der Waals surface area contributed by atoms with Crippen LogP contribution in [-0.4, -0.2) is 36.4 Å². The van der Waals surface area contributed by atoms with Crippen molar-refractivity contribution in [2.24, 2.45) is 5.92 Å². The van der Waals surface area contributed by atoms with Crippen molar-refractivity contribution in [1.82, 2.24) is 10.3 Å². The van der Waals surface area contributed by atoms with Crippen molar-refractivity contribution >= 4 is 23.3 Å². The maximum Gasteiger partial charge on any atom is 0.251 e. The van der Waals surface area contributed by atoms with Crippen molar-refractivity contribution in [3.63, 3.8) is 0 Å². The molecule has 0 unspecified atom stereocenters. The molecule has 2 fully saturated rings. The number of aryl methyl sites for hydroxylation is 1. The number of hydrogen-bond donors (Lipinski definition) is 2. The van der Waals surface area contributed by atoms with E-state index in [1.54, 1.807) is 6.20 Å². The number of amides is 2. The maximum absolute atomic E-state index is 12.8. The smallest absolute Gasteiger partial charge is 0.251 e. The zero-order chi connectivity index (χ0) is 24.2. The maximum atomic E-state index is 12.8. The highest BCUT2D eigenvalue weighted by Crippen LogP contribution is 2.29. The van der Waals surface area contributed by atoms with E-state index in [-0.39, 0.29) is 11.8 Å². The van der Waals surface area contributed by atoms with Gasteiger partial charge in [-0.25, -0.2) is 4.98 Å². The SMILES string of the molecule is Cc1ccc(NC(=O)Cc2ccnc(N3CCCC3)c2)cc1-c1ccc(C(=O)NCC2CC2)cc1. The zero-order valence-electron chi connectivity index (χ0n) is 20.2. The van der Waals surface area contributed by atoms with Crippen LogP contribution in [0.3, 0.4) is 0 Å². The van der Waals surface area contributed by atoms with Crippen LogP contribution in [0.1, 0.15) is 47.2 Å². The van der Waals surface area contributed by atoms with Gasteiger partial charge in [-0.2, -0.15) is 0 Å². The van der Waals surface area contributed by atoms with Crippen LogP contribution in [0.2, 0.25) is 0 Å². The van der Waals surface area contributed by atoms with E-state index in [2.05, 4.69) is 20.5 Å². The summed E-state index contributed by atoms with van der Waals surface area (Å²) in [4.78, 5) is 31.9. The first-order chi connectivity index (χ1) is 17.0. The number of nitrogens with zero attached hydrogens (tertiary/aromatic N) is 2. The molecule has 0 spiro atoms. The first-order valence-corrected chi connectivity index (χ1v) is 12.5. The molecule has 6 nitrogen and oxygen atoms in total. The fraction of sp³-hybridized carbons (Fsp3) is 0.345. The summed E-state index contributed by atoms with van der Waals surface area (Å²) in [5, 5.41) is 6.05. The van der Waals surface area contributed by atoms with Crippen molar-refractivity contribution in [2.75, 3.05) is 29.9 Å². The van der Waals surface area contributed by atoms with Crippen LogP contribution >= 0.6 is 0 Å². The van der Waals surface area contributed by atoms with Gasteiger partial charge in [-0.3, -0.25) is 9.59 Å². The monoisotopic (exact) mass is 468 g/mol. The predicted molar refractivity (Wildman–Crippen MR) is 140 cm³/mol. The van der Waals surface area contributed by atoms with Gasteiger partial charge in [0.1, 0.15) is 5.82 Å². The molecule has 6 heteroatoms. The Morgan fingerprint density at radius 3 is 2.51 bits per heavy atom. The lowest BCUT2D eigenvalue weighted by atomic mass is 9.98. The van der Waals surface area contributed by atoms with Gasteiger partial charge >= 0.3 is 0 Å². The summed E-state index contributed by atoms with van der Waals surface area (Å²) in [7, 11) is 0. The van der Waals surface area contributed by atoms with E-state index in [0.717, 1.165) is 53.4 Å². The van der Waals surface area contributed by atoms with E-state index in [9.17, 15) is 9.59 Å². The van der Waals surface area contributed by atoms with Crippen LogP contribution in [0.25, 0.3) is 11.1 Å². The molecular formula is C29H32N4O2. The summed E-state index contributed by atoms with van der Waals surface area (Å²) in [5.74, 6) is 1.53. The fourth-order valence-corrected chi connectivity index (χ4v) is 4.55. The van der Waals surface area contributed by atoms with Gasteiger partial charge in [-0.05, 0) is 97.2 Å². The minimum Gasteiger partial charge on any atom is -0.357 e. The van der Waals surface area contributed by atoms with Gasteiger partial charge in [0.05, 0.1) is 6.42 Å². The average molecular weight is 469 g/mol. The van der Waals surface area contributed by atoms with Crippen LogP contribution in [0, 0.1) is 12.8 Å². The highest BCUT2D eigenvalue weighted by Gasteiger charge is 2.22. The van der Waals surface area contributed by atoms with E-state index < -0.39 is 0 Å². The molecule has 2 N–H and O–H groups in total. The van der Waals surface area contributed by atoms with Crippen molar-refractivity contribution in [3.05, 3.63) is 77.5 Å². The van der Waals surface area contributed by atoms with E-state index in [0.29, 0.717) is 17.9 Å². The van der Waals surface area contributed by atoms with Crippen LogP contribution < -0.4 is 15.5 Å². The number of nitrogens with one attached hydrogen (secondary N) is 2. The van der Waals surface area contributed by atoms with Crippen molar-refractivity contribution in [1.29, 1.82) is 0 Å². The van der Waals surface area contributed by atoms with Crippen molar-refractivity contribution in [3.8, 4) is 11.1 Å². The third kappa shape index (κ3) is 5.88. The van der Waals surface area contributed by atoms with Gasteiger partial charge in [0, 0.05) is 37.1 Å². The second kappa shape index (κ2) is 10.3. The molecule has 0 atom stereocenters. The second-order valence-electron chi connectivity index (χ2n) is 9.70. The molecular weight excluding hydrogens is 436 g/mol. The number of carbonyl (C=O) groups excluding carboxylic acids is 2. The quantitative estimate of drug-likeness (QED) is 0.489. The molecule has 1 aliphatic carbocycles. The number of anilines is 2. The molecule has 2 heterocycles. The lowest BCUT2D eigenvalue weighted by molar-refractivity contribution is -0.115. The molecule has 1 aliphatic heterocycles. The Kier molecular flexibility index (Phi) is 6.80. The second-order valence-corrected chi connectivity index (χ2v) is 9.70. The Morgan fingerprint density at radius 1 is 1.00 bits per heavy atom. The Hall–Kier alpha value is -3.67. The van der Waals surface area contributed by atoms with E-state index >= 15 is 0 Å². The molecule has 2 amide bonds. The van der Waals surface area contributed by atoms with Gasteiger partial charge in [-0.1, -0.05) is 18.2 Å². The summed E-state index contributed by atoms with van der Waals surface area (Å²) in [6.45, 7) is 4.87. The highest BCUT2D eigenvalue weighted by atomic mass is 16.2. The normalized spacial score (nSPS) is 15.2. The Bertz CT molecular complexity index is 1210. The number of carbonyl (C=O) groups is 2. The molecule has 180 valence electrons. The topological polar surface area (TPSA) is 74.3 Å². The number of pyridine rings is 1. The summed E-state index contributed by atoms with van der Waals surface area (Å²) in [6.07, 6.45) is 6.91. The third-order valence-electron chi connectivity index (χ3n) is 6.83. The van der Waals surface area contributed by atoms with Gasteiger partial charge in [-0.15, -0.1) is 0 Å². The molecule has 1 saturated carbocycles. The molecule has 2 aromatic carbocycles. The summed E-state index contributed by atoms with van der Waals surface area (Å²) >= 11 is 0. The molecule has 35 heavy (non-hydrogen) atoms. The Labute approximate surface area is 206 Å². The summed E-state index contributed by atoms with van der Waals surface area (Å²) < 4.78 is 0. The van der Waals surface area contributed by atoms with Gasteiger partial charge in [0.2, 0.25) is 5.91 Å². The molecule has 0 bridgehead atoms. The molecule has 3 aromatic rings. The van der Waals surface area contributed by atoms with Crippen molar-refractivity contribution in [2.45, 2.75) is 39.0 Å². The van der Waals surface area contributed by atoms with Crippen LogP contribution in [0.15, 0.2) is 60.8 Å². The standard InChI is InChI=1S/C29H32N4O2/c1-20-4-11-25(32-28(34)17-22-12-13-30-27(16-22)33-14-2-3-15-33)18-26(20)23-7-9-24(10-8-23)29(35)31-19-21-5-6-21/h4,7-13,16,18,21H,2-3,5-6,14-15,17,19H2,1H3,(H,31,35)(H,32,34). The van der Waals surface area contributed by atoms with Crippen molar-refractivity contribution < 1.29 is 9.59 Å². The number of aromatic nitrogens is 1. The summed E-state index contributed by atoms with van der Waals surface area (Å²) in [5.41, 5.74) is 5.55. The van der Waals surface area contributed by atoms with E-state index in [1.165, 1.54) is 25.7 Å². The zero-order valence-corrected chi connectivity index (χ0v) is 20.2. The minimum absolute atomic E-state index is 0.0230. The average Bonchev–Trinajstić information content (AvgIpc) is 3.54. The van der Waals surface area contributed by atoms with Gasteiger partial charge in [0.15, 0.2) is 0 Å². The molecule has 5 rings (SSSR count). The Morgan fingerprint density at radius 2 is 1.77 bits per heavy atom. The number of hydrogen-bond acceptors (Lipinski definition) is 4. The lowest BCUT2D eigenvalue weighted by Crippen LogP contribution is -2.25. The third-order valence-corrected chi connectivity index (χ3v) is 6.83. The largest absolute Gasteiger partial charge is 0.357 e. The van der Waals surface area contributed by atoms with Gasteiger partial charge in [0.25, 0.3) is 5.91 Å². The molecule has 2 aliphatic rings. The van der Waals surface area contributed by atoms with Gasteiger partial charge < -0.3 is 15.5 Å². The molecule has 0 radical (unpaired) electrons. The minimum atomic E-state index is -0.0546. The van der Waals surface area contributed by atoms with E-state index in [1.807, 2.05) is 61.5 Å². The first kappa shape index (κ1) is 23.1. The first-order valence-electron chi connectivity index (χ1n) is 12.5. The summed E-state index contributed by atoms with van der Waals surface area (Å²) in [6, 6.07) is 17.5. The van der Waals surface area contributed by atoms with Crippen LogP contribution in [-0.2, 0) is 11.2 Å². The highest BCUT2D eigenvalue weighted by molar-refractivity contribution is 5.95. The fourth-order valence-electron chi connectivity index (χ4n) is 4.55. The number of benzene rings is 2.